The van der Waals surface area contributed by atoms with Gasteiger partial charge in [-0.2, -0.15) is 4.72 Å². The standard InChI is InChI=1S/C20H33N3O4S/c1-16-7-6-14-23(15-16)13-5-4-12-21-20(24)17(2)22-28(25,26)19-10-8-18(27-3)9-11-19/h8-11,16-17,22H,4-7,12-15H2,1-3H3,(H,21,24)/t16?,17-/m0/s1. The lowest BCUT2D eigenvalue weighted by Crippen LogP contribution is -2.45. The molecule has 2 atom stereocenters. The van der Waals surface area contributed by atoms with Gasteiger partial charge in [0.1, 0.15) is 5.75 Å². The number of hydrogen-bond donors (Lipinski definition) is 2. The molecule has 1 fully saturated rings. The lowest BCUT2D eigenvalue weighted by Gasteiger charge is -2.30. The van der Waals surface area contributed by atoms with Crippen molar-refractivity contribution in [1.29, 1.82) is 0 Å². The zero-order valence-electron chi connectivity index (χ0n) is 17.1. The van der Waals surface area contributed by atoms with Crippen LogP contribution in [0.25, 0.3) is 0 Å². The van der Waals surface area contributed by atoms with Crippen molar-refractivity contribution in [3.8, 4) is 5.75 Å². The lowest BCUT2D eigenvalue weighted by atomic mass is 10.0. The number of hydrogen-bond acceptors (Lipinski definition) is 5. The van der Waals surface area contributed by atoms with E-state index in [0.29, 0.717) is 12.3 Å². The topological polar surface area (TPSA) is 87.7 Å². The van der Waals surface area contributed by atoms with E-state index in [9.17, 15) is 13.2 Å². The second kappa shape index (κ2) is 10.8. The fourth-order valence-corrected chi connectivity index (χ4v) is 4.63. The van der Waals surface area contributed by atoms with E-state index in [0.717, 1.165) is 31.8 Å². The molecular formula is C20H33N3O4S. The van der Waals surface area contributed by atoms with Crippen LogP contribution in [-0.4, -0.2) is 58.6 Å². The number of benzene rings is 1. The quantitative estimate of drug-likeness (QED) is 0.575. The Labute approximate surface area is 168 Å². The van der Waals surface area contributed by atoms with Crippen molar-refractivity contribution in [2.45, 2.75) is 50.5 Å². The molecule has 2 N–H and O–H groups in total. The second-order valence-corrected chi connectivity index (χ2v) is 9.28. The second-order valence-electron chi connectivity index (χ2n) is 7.56. The number of unbranched alkanes of at least 4 members (excludes halogenated alkanes) is 1. The van der Waals surface area contributed by atoms with Crippen LogP contribution in [0.1, 0.15) is 39.5 Å². The Morgan fingerprint density at radius 3 is 2.64 bits per heavy atom. The van der Waals surface area contributed by atoms with Gasteiger partial charge in [-0.3, -0.25) is 4.79 Å². The maximum Gasteiger partial charge on any atom is 0.241 e. The first-order chi connectivity index (χ1) is 13.3. The van der Waals surface area contributed by atoms with E-state index in [1.807, 2.05) is 0 Å². The summed E-state index contributed by atoms with van der Waals surface area (Å²) in [5.41, 5.74) is 0. The van der Waals surface area contributed by atoms with Crippen molar-refractivity contribution in [1.82, 2.24) is 14.9 Å². The highest BCUT2D eigenvalue weighted by Gasteiger charge is 2.22. The van der Waals surface area contributed by atoms with Gasteiger partial charge in [-0.25, -0.2) is 8.42 Å². The molecule has 7 nitrogen and oxygen atoms in total. The Kier molecular flexibility index (Phi) is 8.72. The van der Waals surface area contributed by atoms with Gasteiger partial charge >= 0.3 is 0 Å². The van der Waals surface area contributed by atoms with Gasteiger partial charge < -0.3 is 15.0 Å². The summed E-state index contributed by atoms with van der Waals surface area (Å²) in [4.78, 5) is 14.8. The van der Waals surface area contributed by atoms with E-state index in [1.54, 1.807) is 19.1 Å². The highest BCUT2D eigenvalue weighted by atomic mass is 32.2. The first-order valence-electron chi connectivity index (χ1n) is 9.98. The number of ether oxygens (including phenoxy) is 1. The summed E-state index contributed by atoms with van der Waals surface area (Å²) in [5, 5.41) is 2.82. The molecule has 1 aromatic rings. The van der Waals surface area contributed by atoms with Crippen LogP contribution in [0.5, 0.6) is 5.75 Å². The molecule has 1 aliphatic heterocycles. The SMILES string of the molecule is COc1ccc(S(=O)(=O)N[C@@H](C)C(=O)NCCCCN2CCCC(C)C2)cc1. The van der Waals surface area contributed by atoms with Gasteiger partial charge in [0, 0.05) is 13.1 Å². The molecule has 0 radical (unpaired) electrons. The first-order valence-corrected chi connectivity index (χ1v) is 11.5. The van der Waals surface area contributed by atoms with Crippen molar-refractivity contribution in [3.05, 3.63) is 24.3 Å². The summed E-state index contributed by atoms with van der Waals surface area (Å²) >= 11 is 0. The largest absolute Gasteiger partial charge is 0.497 e. The Bertz CT molecular complexity index is 721. The predicted octanol–water partition coefficient (Wildman–Crippen LogP) is 1.99. The minimum Gasteiger partial charge on any atom is -0.497 e. The molecule has 1 amide bonds. The number of piperidine rings is 1. The summed E-state index contributed by atoms with van der Waals surface area (Å²) in [6, 6.07) is 5.21. The van der Waals surface area contributed by atoms with Gasteiger partial charge in [0.05, 0.1) is 18.0 Å². The normalized spacial score (nSPS) is 19.2. The van der Waals surface area contributed by atoms with E-state index >= 15 is 0 Å². The highest BCUT2D eigenvalue weighted by Crippen LogP contribution is 2.16. The van der Waals surface area contributed by atoms with Crippen molar-refractivity contribution in [3.63, 3.8) is 0 Å². The Hall–Kier alpha value is -1.64. The average molecular weight is 412 g/mol. The van der Waals surface area contributed by atoms with Crippen molar-refractivity contribution < 1.29 is 17.9 Å². The molecule has 28 heavy (non-hydrogen) atoms. The number of likely N-dealkylation sites (tertiary alicyclic amines) is 1. The Balaban J connectivity index is 1.70. The Morgan fingerprint density at radius 1 is 1.29 bits per heavy atom. The minimum absolute atomic E-state index is 0.101. The number of carbonyl (C=O) groups excluding carboxylic acids is 1. The number of carbonyl (C=O) groups is 1. The van der Waals surface area contributed by atoms with Crippen molar-refractivity contribution in [2.24, 2.45) is 5.92 Å². The molecular weight excluding hydrogens is 378 g/mol. The molecule has 8 heteroatoms. The molecule has 1 unspecified atom stereocenters. The number of nitrogens with zero attached hydrogens (tertiary/aromatic N) is 1. The number of rotatable bonds is 10. The summed E-state index contributed by atoms with van der Waals surface area (Å²) in [6.45, 7) is 7.78. The third-order valence-corrected chi connectivity index (χ3v) is 6.59. The molecule has 2 rings (SSSR count). The third-order valence-electron chi connectivity index (χ3n) is 5.04. The van der Waals surface area contributed by atoms with E-state index in [-0.39, 0.29) is 10.8 Å². The molecule has 1 saturated heterocycles. The van der Waals surface area contributed by atoms with E-state index in [2.05, 4.69) is 21.9 Å². The van der Waals surface area contributed by atoms with E-state index in [4.69, 9.17) is 4.74 Å². The molecule has 0 aliphatic carbocycles. The van der Waals surface area contributed by atoms with Crippen LogP contribution < -0.4 is 14.8 Å². The third kappa shape index (κ3) is 7.07. The smallest absolute Gasteiger partial charge is 0.241 e. The minimum atomic E-state index is -3.76. The molecule has 0 spiro atoms. The van der Waals surface area contributed by atoms with E-state index < -0.39 is 16.1 Å². The maximum atomic E-state index is 12.4. The van der Waals surface area contributed by atoms with Crippen LogP contribution in [-0.2, 0) is 14.8 Å². The summed E-state index contributed by atoms with van der Waals surface area (Å²) < 4.78 is 32.2. The molecule has 0 bridgehead atoms. The fourth-order valence-electron chi connectivity index (χ4n) is 3.42. The van der Waals surface area contributed by atoms with Crippen LogP contribution in [0.3, 0.4) is 0 Å². The Morgan fingerprint density at radius 2 is 2.00 bits per heavy atom. The van der Waals surface area contributed by atoms with Gasteiger partial charge in [0.15, 0.2) is 0 Å². The number of methoxy groups -OCH3 is 1. The van der Waals surface area contributed by atoms with Crippen LogP contribution >= 0.6 is 0 Å². The molecule has 1 heterocycles. The summed E-state index contributed by atoms with van der Waals surface area (Å²) in [5.74, 6) is 1.03. The van der Waals surface area contributed by atoms with Gasteiger partial charge in [0.25, 0.3) is 0 Å². The monoisotopic (exact) mass is 411 g/mol. The predicted molar refractivity (Wildman–Crippen MR) is 110 cm³/mol. The summed E-state index contributed by atoms with van der Waals surface area (Å²) in [7, 11) is -2.24. The van der Waals surface area contributed by atoms with Crippen LogP contribution in [0.15, 0.2) is 29.2 Å². The maximum absolute atomic E-state index is 12.4. The lowest BCUT2D eigenvalue weighted by molar-refractivity contribution is -0.122. The van der Waals surface area contributed by atoms with Gasteiger partial charge in [-0.15, -0.1) is 0 Å². The number of sulfonamides is 1. The van der Waals surface area contributed by atoms with Crippen molar-refractivity contribution >= 4 is 15.9 Å². The van der Waals surface area contributed by atoms with E-state index in [1.165, 1.54) is 38.6 Å². The van der Waals surface area contributed by atoms with Gasteiger partial charge in [0.2, 0.25) is 15.9 Å². The van der Waals surface area contributed by atoms with Crippen LogP contribution in [0.4, 0.5) is 0 Å². The van der Waals surface area contributed by atoms with Gasteiger partial charge in [-0.1, -0.05) is 6.92 Å². The first kappa shape index (κ1) is 22.6. The zero-order chi connectivity index (χ0) is 20.6. The van der Waals surface area contributed by atoms with Crippen LogP contribution in [0.2, 0.25) is 0 Å². The fraction of sp³-hybridized carbons (Fsp3) is 0.650. The molecule has 0 aromatic heterocycles. The average Bonchev–Trinajstić information content (AvgIpc) is 2.67. The molecule has 158 valence electrons. The van der Waals surface area contributed by atoms with Crippen LogP contribution in [0, 0.1) is 5.92 Å². The zero-order valence-corrected chi connectivity index (χ0v) is 17.9. The van der Waals surface area contributed by atoms with Gasteiger partial charge in [-0.05, 0) is 75.9 Å². The highest BCUT2D eigenvalue weighted by molar-refractivity contribution is 7.89. The molecule has 1 aliphatic rings. The number of nitrogens with one attached hydrogen (secondary N) is 2. The molecule has 0 saturated carbocycles. The summed E-state index contributed by atoms with van der Waals surface area (Å²) in [6.07, 6.45) is 4.49. The molecule has 1 aromatic carbocycles. The number of amides is 1. The van der Waals surface area contributed by atoms with Crippen molar-refractivity contribution in [2.75, 3.05) is 33.3 Å².